The molecule has 1 aromatic rings. The number of methoxy groups -OCH3 is 1. The van der Waals surface area contributed by atoms with Crippen molar-refractivity contribution in [3.63, 3.8) is 0 Å². The molecule has 1 saturated carbocycles. The van der Waals surface area contributed by atoms with Crippen LogP contribution >= 0.6 is 0 Å². The lowest BCUT2D eigenvalue weighted by Gasteiger charge is -2.43. The van der Waals surface area contributed by atoms with Crippen LogP contribution in [0.3, 0.4) is 0 Å². The van der Waals surface area contributed by atoms with Gasteiger partial charge in [0.05, 0.1) is 24.9 Å². The van der Waals surface area contributed by atoms with Gasteiger partial charge in [-0.2, -0.15) is 0 Å². The number of aliphatic hydroxyl groups is 2. The number of aliphatic hydroxyl groups excluding tert-OH is 1. The minimum Gasteiger partial charge on any atom is -0.453 e. The van der Waals surface area contributed by atoms with Crippen molar-refractivity contribution >= 4 is 12.1 Å². The van der Waals surface area contributed by atoms with E-state index in [2.05, 4.69) is 20.7 Å². The Bertz CT molecular complexity index is 949. The minimum absolute atomic E-state index is 0.0419. The van der Waals surface area contributed by atoms with Crippen molar-refractivity contribution in [2.75, 3.05) is 40.3 Å². The number of hydrogen-bond acceptors (Lipinski definition) is 6. The number of alkyl carbamates (subject to hydrolysis) is 1. The number of halogens is 2. The van der Waals surface area contributed by atoms with Crippen LogP contribution in [0.25, 0.3) is 0 Å². The quantitative estimate of drug-likeness (QED) is 0.268. The van der Waals surface area contributed by atoms with Crippen molar-refractivity contribution in [1.29, 1.82) is 0 Å². The van der Waals surface area contributed by atoms with E-state index in [4.69, 9.17) is 0 Å². The Morgan fingerprint density at radius 2 is 1.92 bits per heavy atom. The molecule has 220 valence electrons. The monoisotopic (exact) mass is 554 g/mol. The second kappa shape index (κ2) is 14.8. The molecule has 2 aliphatic rings. The second-order valence-corrected chi connectivity index (χ2v) is 10.8. The van der Waals surface area contributed by atoms with Gasteiger partial charge in [-0.1, -0.05) is 31.4 Å². The molecule has 0 aromatic heterocycles. The first-order chi connectivity index (χ1) is 18.7. The molecule has 2 fully saturated rings. The van der Waals surface area contributed by atoms with Crippen LogP contribution in [0.2, 0.25) is 0 Å². The summed E-state index contributed by atoms with van der Waals surface area (Å²) in [6, 6.07) is 2.89. The molecule has 1 saturated heterocycles. The number of hydrogen-bond donors (Lipinski definition) is 5. The Labute approximate surface area is 229 Å². The number of nitrogens with zero attached hydrogens (tertiary/aromatic N) is 1. The molecule has 4 unspecified atom stereocenters. The summed E-state index contributed by atoms with van der Waals surface area (Å²) in [5, 5.41) is 31.5. The van der Waals surface area contributed by atoms with Gasteiger partial charge < -0.3 is 35.8 Å². The summed E-state index contributed by atoms with van der Waals surface area (Å²) < 4.78 is 33.7. The van der Waals surface area contributed by atoms with E-state index >= 15 is 0 Å². The van der Waals surface area contributed by atoms with Gasteiger partial charge in [0.15, 0.2) is 11.6 Å². The van der Waals surface area contributed by atoms with E-state index in [1.165, 1.54) is 19.2 Å². The van der Waals surface area contributed by atoms with E-state index in [9.17, 15) is 28.6 Å². The summed E-state index contributed by atoms with van der Waals surface area (Å²) in [7, 11) is 3.01. The Morgan fingerprint density at radius 3 is 2.62 bits per heavy atom. The van der Waals surface area contributed by atoms with E-state index in [1.54, 1.807) is 11.9 Å². The van der Waals surface area contributed by atoms with Crippen molar-refractivity contribution < 1.29 is 33.3 Å². The number of piperidine rings is 1. The van der Waals surface area contributed by atoms with Crippen molar-refractivity contribution in [1.82, 2.24) is 20.9 Å². The lowest BCUT2D eigenvalue weighted by molar-refractivity contribution is -0.0583. The molecule has 39 heavy (non-hydrogen) atoms. The topological polar surface area (TPSA) is 123 Å². The molecule has 0 bridgehead atoms. The largest absolute Gasteiger partial charge is 0.453 e. The maximum atomic E-state index is 15.0. The Hall–Kier alpha value is -2.50. The summed E-state index contributed by atoms with van der Waals surface area (Å²) >= 11 is 0. The van der Waals surface area contributed by atoms with Gasteiger partial charge in [-0.15, -0.1) is 0 Å². The number of nitrogens with one attached hydrogen (secondary N) is 3. The van der Waals surface area contributed by atoms with Crippen molar-refractivity contribution in [2.24, 2.45) is 11.8 Å². The molecule has 1 aliphatic carbocycles. The number of likely N-dealkylation sites (N-methyl/N-ethyl adjacent to an activating group) is 1. The maximum Gasteiger partial charge on any atom is 0.406 e. The third kappa shape index (κ3) is 8.02. The molecular formula is C28H44F2N4O5. The number of benzene rings is 1. The average molecular weight is 555 g/mol. The van der Waals surface area contributed by atoms with Crippen LogP contribution in [-0.2, 0) is 10.3 Å². The molecule has 4 atom stereocenters. The minimum atomic E-state index is -1.77. The van der Waals surface area contributed by atoms with E-state index in [0.29, 0.717) is 25.9 Å². The highest BCUT2D eigenvalue weighted by molar-refractivity contribution is 5.74. The molecule has 1 aliphatic heterocycles. The number of carbonyl (C=O) groups is 2. The average Bonchev–Trinajstić information content (AvgIpc) is 2.96. The molecule has 11 heteroatoms. The fourth-order valence-corrected chi connectivity index (χ4v) is 6.10. The predicted molar refractivity (Wildman–Crippen MR) is 143 cm³/mol. The molecular weight excluding hydrogens is 510 g/mol. The SMILES string of the molecule is CNCC(NC(=O)N1CCCC(C(O)(CCCNC(=O)OC)c2cccc(F)c2F)C1)C(O)C1CCCCC1. The summed E-state index contributed by atoms with van der Waals surface area (Å²) in [6.45, 7) is 1.16. The maximum absolute atomic E-state index is 15.0. The normalized spacial score (nSPS) is 21.5. The van der Waals surface area contributed by atoms with Crippen molar-refractivity contribution in [2.45, 2.75) is 75.5 Å². The molecule has 1 aromatic carbocycles. The standard InChI is InChI=1S/C28H44F2N4O5/c1-31-17-23(25(35)19-9-4-3-5-10-19)33-26(36)34-16-7-11-20(18-34)28(38,14-8-15-32-27(37)39-2)21-12-6-13-22(29)24(21)30/h6,12-13,19-20,23,25,31,35,38H,3-5,7-11,14-18H2,1-2H3,(H,32,37)(H,33,36). The third-order valence-electron chi connectivity index (χ3n) is 8.27. The highest BCUT2D eigenvalue weighted by atomic mass is 19.2. The lowest BCUT2D eigenvalue weighted by atomic mass is 9.74. The first kappa shape index (κ1) is 31.0. The second-order valence-electron chi connectivity index (χ2n) is 10.8. The van der Waals surface area contributed by atoms with E-state index in [0.717, 1.165) is 38.2 Å². The highest BCUT2D eigenvalue weighted by Gasteiger charge is 2.43. The highest BCUT2D eigenvalue weighted by Crippen LogP contribution is 2.41. The zero-order valence-electron chi connectivity index (χ0n) is 23.1. The number of urea groups is 1. The molecule has 9 nitrogen and oxygen atoms in total. The molecule has 3 rings (SSSR count). The van der Waals surface area contributed by atoms with Gasteiger partial charge in [0.25, 0.3) is 0 Å². The van der Waals surface area contributed by atoms with E-state index in [1.807, 2.05) is 0 Å². The van der Waals surface area contributed by atoms with Gasteiger partial charge >= 0.3 is 12.1 Å². The fraction of sp³-hybridized carbons (Fsp3) is 0.714. The van der Waals surface area contributed by atoms with Crippen LogP contribution in [0.5, 0.6) is 0 Å². The van der Waals surface area contributed by atoms with Gasteiger partial charge in [-0.25, -0.2) is 18.4 Å². The Balaban J connectivity index is 1.75. The first-order valence-corrected chi connectivity index (χ1v) is 14.1. The molecule has 3 amide bonds. The van der Waals surface area contributed by atoms with Crippen molar-refractivity contribution in [3.8, 4) is 0 Å². The van der Waals surface area contributed by atoms with E-state index < -0.39 is 41.4 Å². The summed E-state index contributed by atoms with van der Waals surface area (Å²) in [6.07, 6.45) is 5.26. The smallest absolute Gasteiger partial charge is 0.406 e. The molecule has 0 radical (unpaired) electrons. The summed E-state index contributed by atoms with van der Waals surface area (Å²) in [5.41, 5.74) is -1.93. The van der Waals surface area contributed by atoms with Gasteiger partial charge in [0, 0.05) is 37.7 Å². The lowest BCUT2D eigenvalue weighted by Crippen LogP contribution is -2.57. The van der Waals surface area contributed by atoms with Gasteiger partial charge in [0.1, 0.15) is 0 Å². The number of likely N-dealkylation sites (tertiary alicyclic amines) is 1. The van der Waals surface area contributed by atoms with Crippen LogP contribution in [0.4, 0.5) is 18.4 Å². The summed E-state index contributed by atoms with van der Waals surface area (Å²) in [4.78, 5) is 26.4. The zero-order chi connectivity index (χ0) is 28.4. The molecule has 5 N–H and O–H groups in total. The zero-order valence-corrected chi connectivity index (χ0v) is 23.1. The summed E-state index contributed by atoms with van der Waals surface area (Å²) in [5.74, 6) is -2.62. The fourth-order valence-electron chi connectivity index (χ4n) is 6.10. The Kier molecular flexibility index (Phi) is 11.7. The van der Waals surface area contributed by atoms with Crippen molar-refractivity contribution in [3.05, 3.63) is 35.4 Å². The van der Waals surface area contributed by atoms with Crippen LogP contribution < -0.4 is 16.0 Å². The number of ether oxygens (including phenoxy) is 1. The van der Waals surface area contributed by atoms with Gasteiger partial charge in [-0.3, -0.25) is 0 Å². The molecule has 1 heterocycles. The van der Waals surface area contributed by atoms with Gasteiger partial charge in [-0.05, 0) is 57.6 Å². The molecule has 0 spiro atoms. The first-order valence-electron chi connectivity index (χ1n) is 14.1. The van der Waals surface area contributed by atoms with E-state index in [-0.39, 0.29) is 43.4 Å². The number of rotatable bonds is 11. The number of carbonyl (C=O) groups excluding carboxylic acids is 2. The number of amides is 3. The van der Waals surface area contributed by atoms with Crippen LogP contribution in [0.1, 0.15) is 63.4 Å². The third-order valence-corrected chi connectivity index (χ3v) is 8.27. The van der Waals surface area contributed by atoms with Gasteiger partial charge in [0.2, 0.25) is 0 Å². The predicted octanol–water partition coefficient (Wildman–Crippen LogP) is 3.24. The van der Waals surface area contributed by atoms with Crippen LogP contribution in [0.15, 0.2) is 18.2 Å². The van der Waals surface area contributed by atoms with Crippen LogP contribution in [-0.4, -0.2) is 79.7 Å². The Morgan fingerprint density at radius 1 is 1.18 bits per heavy atom. The van der Waals surface area contributed by atoms with Crippen LogP contribution in [0, 0.1) is 23.5 Å².